The Morgan fingerprint density at radius 3 is 2.47 bits per heavy atom. The minimum atomic E-state index is -0.722. The molecule has 0 aromatic heterocycles. The molecule has 0 heterocycles. The number of rotatable bonds is 9. The monoisotopic (exact) mass is 275 g/mol. The summed E-state index contributed by atoms with van der Waals surface area (Å²) in [6.07, 6.45) is 0.290. The minimum absolute atomic E-state index is 0.227. The Bertz CT molecular complexity index is 284. The highest BCUT2D eigenvalue weighted by atomic mass is 16.5. The lowest BCUT2D eigenvalue weighted by Gasteiger charge is -2.19. The van der Waals surface area contributed by atoms with E-state index in [4.69, 9.17) is 10.5 Å². The molecule has 0 fully saturated rings. The molecule has 0 radical (unpaired) electrons. The molecule has 2 atom stereocenters. The first-order chi connectivity index (χ1) is 8.86. The molecule has 5 N–H and O–H groups in total. The third-order valence-corrected chi connectivity index (χ3v) is 2.48. The second kappa shape index (κ2) is 9.57. The van der Waals surface area contributed by atoms with Crippen molar-refractivity contribution >= 4 is 11.9 Å². The van der Waals surface area contributed by atoms with E-state index in [2.05, 4.69) is 10.6 Å². The van der Waals surface area contributed by atoms with Crippen LogP contribution in [-0.2, 0) is 9.53 Å². The Balaban J connectivity index is 4.13. The maximum Gasteiger partial charge on any atom is 0.312 e. The second-order valence-corrected chi connectivity index (χ2v) is 4.88. The van der Waals surface area contributed by atoms with Crippen molar-refractivity contribution in [3.8, 4) is 0 Å². The molecule has 7 heteroatoms. The highest BCUT2D eigenvalue weighted by molar-refractivity contribution is 5.86. The number of aliphatic hydroxyl groups excluding tert-OH is 1. The summed E-state index contributed by atoms with van der Waals surface area (Å²) in [5.74, 6) is -0.0428. The summed E-state index contributed by atoms with van der Waals surface area (Å²) in [5.41, 5.74) is 5.04. The summed E-state index contributed by atoms with van der Waals surface area (Å²) in [6.45, 7) is 4.44. The number of hydrogen-bond donors (Lipinski definition) is 4. The summed E-state index contributed by atoms with van der Waals surface area (Å²) >= 11 is 0. The molecule has 3 amide bonds. The average molecular weight is 275 g/mol. The van der Waals surface area contributed by atoms with E-state index < -0.39 is 18.2 Å². The molecule has 0 aliphatic rings. The molecule has 112 valence electrons. The van der Waals surface area contributed by atoms with Gasteiger partial charge >= 0.3 is 6.03 Å². The van der Waals surface area contributed by atoms with Crippen LogP contribution in [0.4, 0.5) is 4.79 Å². The van der Waals surface area contributed by atoms with E-state index in [0.29, 0.717) is 19.4 Å². The van der Waals surface area contributed by atoms with Crippen molar-refractivity contribution < 1.29 is 19.4 Å². The van der Waals surface area contributed by atoms with Crippen molar-refractivity contribution in [1.29, 1.82) is 0 Å². The van der Waals surface area contributed by atoms with E-state index in [1.54, 1.807) is 0 Å². The zero-order chi connectivity index (χ0) is 14.8. The predicted octanol–water partition coefficient (Wildman–Crippen LogP) is -0.417. The van der Waals surface area contributed by atoms with Gasteiger partial charge in [0, 0.05) is 13.7 Å². The Morgan fingerprint density at radius 2 is 2.00 bits per heavy atom. The van der Waals surface area contributed by atoms with Crippen LogP contribution in [0.25, 0.3) is 0 Å². The van der Waals surface area contributed by atoms with Crippen LogP contribution >= 0.6 is 0 Å². The normalized spacial score (nSPS) is 13.9. The molecular weight excluding hydrogens is 250 g/mol. The number of nitrogens with two attached hydrogens (primary N) is 1. The number of urea groups is 1. The van der Waals surface area contributed by atoms with Crippen molar-refractivity contribution in [1.82, 2.24) is 10.6 Å². The minimum Gasteiger partial charge on any atom is -0.391 e. The van der Waals surface area contributed by atoms with Crippen LogP contribution in [0.2, 0.25) is 0 Å². The van der Waals surface area contributed by atoms with Gasteiger partial charge in [-0.25, -0.2) is 4.79 Å². The van der Waals surface area contributed by atoms with E-state index in [9.17, 15) is 14.7 Å². The van der Waals surface area contributed by atoms with Crippen LogP contribution in [0.1, 0.15) is 26.7 Å². The van der Waals surface area contributed by atoms with Crippen LogP contribution in [0.5, 0.6) is 0 Å². The van der Waals surface area contributed by atoms with Crippen molar-refractivity contribution in [3.05, 3.63) is 0 Å². The number of aliphatic hydroxyl groups is 1. The number of amides is 3. The zero-order valence-corrected chi connectivity index (χ0v) is 11.8. The average Bonchev–Trinajstić information content (AvgIpc) is 2.27. The van der Waals surface area contributed by atoms with Crippen molar-refractivity contribution in [3.63, 3.8) is 0 Å². The molecule has 7 nitrogen and oxygen atoms in total. The zero-order valence-electron chi connectivity index (χ0n) is 11.8. The van der Waals surface area contributed by atoms with Crippen LogP contribution < -0.4 is 16.4 Å². The fraction of sp³-hybridized carbons (Fsp3) is 0.833. The molecular formula is C12H25N3O4. The maximum absolute atomic E-state index is 11.9. The van der Waals surface area contributed by atoms with Gasteiger partial charge in [0.15, 0.2) is 0 Å². The summed E-state index contributed by atoms with van der Waals surface area (Å²) in [4.78, 5) is 22.7. The van der Waals surface area contributed by atoms with Crippen molar-refractivity contribution in [2.24, 2.45) is 11.7 Å². The number of carbonyl (C=O) groups is 2. The quantitative estimate of drug-likeness (QED) is 0.458. The maximum atomic E-state index is 11.9. The van der Waals surface area contributed by atoms with Crippen LogP contribution in [0.15, 0.2) is 0 Å². The molecule has 2 unspecified atom stereocenters. The van der Waals surface area contributed by atoms with Gasteiger partial charge in [-0.2, -0.15) is 0 Å². The van der Waals surface area contributed by atoms with Crippen LogP contribution in [-0.4, -0.2) is 49.5 Å². The first kappa shape index (κ1) is 17.7. The fourth-order valence-corrected chi connectivity index (χ4v) is 1.64. The third-order valence-electron chi connectivity index (χ3n) is 2.48. The Hall–Kier alpha value is -1.34. The van der Waals surface area contributed by atoms with Gasteiger partial charge in [0.1, 0.15) is 6.04 Å². The summed E-state index contributed by atoms with van der Waals surface area (Å²) < 4.78 is 4.78. The van der Waals surface area contributed by atoms with Gasteiger partial charge in [-0.15, -0.1) is 0 Å². The SMILES string of the molecule is COCC(O)CCNC(=O)C(CC(C)C)NC(N)=O. The molecule has 19 heavy (non-hydrogen) atoms. The fourth-order valence-electron chi connectivity index (χ4n) is 1.64. The molecule has 0 aliphatic carbocycles. The van der Waals surface area contributed by atoms with Gasteiger partial charge in [-0.05, 0) is 18.8 Å². The lowest BCUT2D eigenvalue weighted by molar-refractivity contribution is -0.123. The number of carbonyl (C=O) groups excluding carboxylic acids is 2. The highest BCUT2D eigenvalue weighted by Crippen LogP contribution is 2.05. The van der Waals surface area contributed by atoms with Gasteiger partial charge in [-0.1, -0.05) is 13.8 Å². The van der Waals surface area contributed by atoms with Gasteiger partial charge in [0.25, 0.3) is 0 Å². The van der Waals surface area contributed by atoms with Crippen molar-refractivity contribution in [2.75, 3.05) is 20.3 Å². The standard InChI is InChI=1S/C12H25N3O4/c1-8(2)6-10(15-12(13)18)11(17)14-5-4-9(16)7-19-3/h8-10,16H,4-7H2,1-3H3,(H,14,17)(H3,13,15,18). The van der Waals surface area contributed by atoms with Crippen LogP contribution in [0.3, 0.4) is 0 Å². The van der Waals surface area contributed by atoms with E-state index in [1.807, 2.05) is 13.8 Å². The Kier molecular flexibility index (Phi) is 8.90. The topological polar surface area (TPSA) is 114 Å². The summed E-state index contributed by atoms with van der Waals surface area (Å²) in [5, 5.41) is 14.5. The van der Waals surface area contributed by atoms with E-state index in [0.717, 1.165) is 0 Å². The Labute approximate surface area is 113 Å². The van der Waals surface area contributed by atoms with Gasteiger partial charge in [0.05, 0.1) is 12.7 Å². The molecule has 0 saturated carbocycles. The summed E-state index contributed by atoms with van der Waals surface area (Å²) in [6, 6.07) is -1.36. The van der Waals surface area contributed by atoms with Gasteiger partial charge < -0.3 is 26.2 Å². The van der Waals surface area contributed by atoms with E-state index in [-0.39, 0.29) is 18.4 Å². The number of ether oxygens (including phenoxy) is 1. The van der Waals surface area contributed by atoms with Crippen LogP contribution in [0, 0.1) is 5.92 Å². The molecule has 0 aromatic carbocycles. The molecule has 0 rings (SSSR count). The van der Waals surface area contributed by atoms with Gasteiger partial charge in [-0.3, -0.25) is 4.79 Å². The lowest BCUT2D eigenvalue weighted by atomic mass is 10.0. The molecule has 0 saturated heterocycles. The molecule has 0 aliphatic heterocycles. The smallest absolute Gasteiger partial charge is 0.312 e. The van der Waals surface area contributed by atoms with Crippen molar-refractivity contribution in [2.45, 2.75) is 38.8 Å². The predicted molar refractivity (Wildman–Crippen MR) is 71.5 cm³/mol. The molecule has 0 bridgehead atoms. The first-order valence-corrected chi connectivity index (χ1v) is 6.37. The van der Waals surface area contributed by atoms with Gasteiger partial charge in [0.2, 0.25) is 5.91 Å². The molecule has 0 aromatic rings. The lowest BCUT2D eigenvalue weighted by Crippen LogP contribution is -2.49. The Morgan fingerprint density at radius 1 is 1.37 bits per heavy atom. The number of primary amides is 1. The van der Waals surface area contributed by atoms with E-state index in [1.165, 1.54) is 7.11 Å². The third kappa shape index (κ3) is 9.26. The number of methoxy groups -OCH3 is 1. The number of hydrogen-bond acceptors (Lipinski definition) is 4. The summed E-state index contributed by atoms with van der Waals surface area (Å²) in [7, 11) is 1.50. The molecule has 0 spiro atoms. The van der Waals surface area contributed by atoms with E-state index >= 15 is 0 Å². The largest absolute Gasteiger partial charge is 0.391 e. The first-order valence-electron chi connectivity index (χ1n) is 6.37. The highest BCUT2D eigenvalue weighted by Gasteiger charge is 2.20. The number of nitrogens with one attached hydrogen (secondary N) is 2. The second-order valence-electron chi connectivity index (χ2n) is 4.88.